The van der Waals surface area contributed by atoms with Crippen LogP contribution in [-0.4, -0.2) is 72.2 Å². The number of rotatable bonds is 17. The Morgan fingerprint density at radius 2 is 0.720 bits per heavy atom. The van der Waals surface area contributed by atoms with E-state index in [1.54, 1.807) is 22.7 Å². The van der Waals surface area contributed by atoms with Gasteiger partial charge in [-0.1, -0.05) is 22.7 Å². The van der Waals surface area contributed by atoms with Crippen LogP contribution < -0.4 is 18.9 Å². The Bertz CT molecular complexity index is 1830. The summed E-state index contributed by atoms with van der Waals surface area (Å²) in [5, 5.41) is 21.1. The van der Waals surface area contributed by atoms with E-state index in [1.807, 2.05) is 97.1 Å². The Kier molecular flexibility index (Phi) is 9.92. The molecule has 50 heavy (non-hydrogen) atoms. The third kappa shape index (κ3) is 8.64. The molecule has 0 N–H and O–H groups in total. The van der Waals surface area contributed by atoms with Gasteiger partial charge in [-0.2, -0.15) is 0 Å². The summed E-state index contributed by atoms with van der Waals surface area (Å²) in [5.74, 6) is 3.31. The number of ether oxygens (including phenoxy) is 6. The Balaban J connectivity index is 0.741. The van der Waals surface area contributed by atoms with Crippen molar-refractivity contribution in [3.8, 4) is 65.3 Å². The summed E-state index contributed by atoms with van der Waals surface area (Å²) in [4.78, 5) is 0. The smallest absolute Gasteiger partial charge is 0.148 e. The fourth-order valence-corrected chi connectivity index (χ4v) is 6.69. The quantitative estimate of drug-likeness (QED) is 0.0686. The summed E-state index contributed by atoms with van der Waals surface area (Å²) < 4.78 is 33.8. The van der Waals surface area contributed by atoms with Crippen LogP contribution in [0.15, 0.2) is 97.1 Å². The average molecular weight is 707 g/mol. The topological polar surface area (TPSA) is 114 Å². The van der Waals surface area contributed by atoms with Crippen LogP contribution in [-0.2, 0) is 9.47 Å². The van der Waals surface area contributed by atoms with Gasteiger partial charge in [0.1, 0.15) is 68.5 Å². The molecule has 0 aliphatic carbocycles. The molecule has 0 spiro atoms. The van der Waals surface area contributed by atoms with Crippen molar-refractivity contribution in [2.45, 2.75) is 25.0 Å². The summed E-state index contributed by atoms with van der Waals surface area (Å²) in [7, 11) is 0. The van der Waals surface area contributed by atoms with Crippen LogP contribution in [0.4, 0.5) is 0 Å². The third-order valence-electron chi connectivity index (χ3n) is 8.01. The Morgan fingerprint density at radius 1 is 0.440 bits per heavy atom. The van der Waals surface area contributed by atoms with Crippen molar-refractivity contribution in [2.24, 2.45) is 0 Å². The largest absolute Gasteiger partial charge is 0.494 e. The lowest BCUT2D eigenvalue weighted by molar-refractivity contribution is 0.263. The van der Waals surface area contributed by atoms with Crippen molar-refractivity contribution in [3.05, 3.63) is 97.1 Å². The Hall–Kier alpha value is -4.88. The second-order valence-corrected chi connectivity index (χ2v) is 13.8. The summed E-state index contributed by atoms with van der Waals surface area (Å²) in [5.41, 5.74) is 4.04. The summed E-state index contributed by atoms with van der Waals surface area (Å²) in [6.45, 7) is 3.98. The zero-order chi connectivity index (χ0) is 33.5. The molecule has 2 fully saturated rings. The summed E-state index contributed by atoms with van der Waals surface area (Å²) >= 11 is 3.12. The van der Waals surface area contributed by atoms with Gasteiger partial charge in [-0.15, -0.1) is 20.4 Å². The van der Waals surface area contributed by atoms with Gasteiger partial charge in [-0.3, -0.25) is 0 Å². The number of hydrogen-bond donors (Lipinski definition) is 0. The maximum Gasteiger partial charge on any atom is 0.148 e. The number of unbranched alkanes of at least 4 members (excludes halogenated alkanes) is 1. The van der Waals surface area contributed by atoms with E-state index in [0.717, 1.165) is 91.3 Å². The highest BCUT2D eigenvalue weighted by atomic mass is 32.1. The standard InChI is InChI=1S/C38H34N4O6S2/c1(19-43-29-11-3-25(4-12-29)35-39-41-37(49-35)27-7-15-31(16-8-27)45-21-33-23-47-33)2-20-44-30-13-5-26(6-14-30)36-40-42-38(50-36)28-9-17-32(18-10-28)46-22-34-24-48-34/h3-18,33-34H,1-2,19-24H2. The normalized spacial score (nSPS) is 16.2. The molecule has 6 aromatic rings. The minimum absolute atomic E-state index is 0.238. The fraction of sp³-hybridized carbons (Fsp3) is 0.263. The van der Waals surface area contributed by atoms with Crippen molar-refractivity contribution >= 4 is 22.7 Å². The molecule has 2 aliphatic rings. The van der Waals surface area contributed by atoms with Gasteiger partial charge in [0.2, 0.25) is 0 Å². The molecule has 12 heteroatoms. The van der Waals surface area contributed by atoms with Gasteiger partial charge in [-0.25, -0.2) is 0 Å². The molecule has 2 unspecified atom stereocenters. The average Bonchev–Trinajstić information content (AvgIpc) is 4.08. The van der Waals surface area contributed by atoms with Gasteiger partial charge in [-0.05, 0) is 110 Å². The molecular weight excluding hydrogens is 673 g/mol. The van der Waals surface area contributed by atoms with Crippen molar-refractivity contribution < 1.29 is 28.4 Å². The number of aromatic nitrogens is 4. The molecule has 2 atom stereocenters. The second-order valence-electron chi connectivity index (χ2n) is 11.9. The molecule has 2 aliphatic heterocycles. The lowest BCUT2D eigenvalue weighted by atomic mass is 10.2. The molecule has 2 aromatic heterocycles. The van der Waals surface area contributed by atoms with E-state index in [0.29, 0.717) is 26.4 Å². The van der Waals surface area contributed by atoms with E-state index in [1.165, 1.54) is 0 Å². The van der Waals surface area contributed by atoms with Gasteiger partial charge < -0.3 is 28.4 Å². The van der Waals surface area contributed by atoms with Crippen LogP contribution in [0.25, 0.3) is 42.3 Å². The SMILES string of the molecule is c1cc(-c2nnc(-c3ccc(OCC4CO4)cc3)s2)ccc1OCCCCOc1ccc(-c2nnc(-c3ccc(OCC4CO4)cc3)s2)cc1. The molecule has 8 rings (SSSR count). The minimum Gasteiger partial charge on any atom is -0.494 e. The number of nitrogens with zero attached hydrogens (tertiary/aromatic N) is 4. The molecule has 0 bridgehead atoms. The monoisotopic (exact) mass is 706 g/mol. The van der Waals surface area contributed by atoms with E-state index in [4.69, 9.17) is 28.4 Å². The molecule has 254 valence electrons. The predicted octanol–water partition coefficient (Wildman–Crippen LogP) is 7.85. The molecule has 2 saturated heterocycles. The van der Waals surface area contributed by atoms with Crippen LogP contribution in [0.3, 0.4) is 0 Å². The van der Waals surface area contributed by atoms with Gasteiger partial charge >= 0.3 is 0 Å². The molecule has 10 nitrogen and oxygen atoms in total. The maximum atomic E-state index is 5.97. The lowest BCUT2D eigenvalue weighted by Crippen LogP contribution is -2.03. The van der Waals surface area contributed by atoms with Crippen molar-refractivity contribution in [2.75, 3.05) is 39.6 Å². The molecule has 0 radical (unpaired) electrons. The first-order chi connectivity index (χ1) is 24.7. The zero-order valence-electron chi connectivity index (χ0n) is 27.1. The first kappa shape index (κ1) is 32.3. The number of benzene rings is 4. The van der Waals surface area contributed by atoms with Crippen molar-refractivity contribution in [1.82, 2.24) is 20.4 Å². The highest BCUT2D eigenvalue weighted by Crippen LogP contribution is 2.33. The van der Waals surface area contributed by atoms with E-state index < -0.39 is 0 Å². The molecule has 4 heterocycles. The van der Waals surface area contributed by atoms with E-state index in [9.17, 15) is 0 Å². The molecular formula is C38H34N4O6S2. The van der Waals surface area contributed by atoms with Gasteiger partial charge in [0.05, 0.1) is 26.4 Å². The van der Waals surface area contributed by atoms with Crippen LogP contribution in [0.2, 0.25) is 0 Å². The second kappa shape index (κ2) is 15.3. The van der Waals surface area contributed by atoms with Crippen molar-refractivity contribution in [3.63, 3.8) is 0 Å². The van der Waals surface area contributed by atoms with Crippen LogP contribution in [0.5, 0.6) is 23.0 Å². The predicted molar refractivity (Wildman–Crippen MR) is 192 cm³/mol. The fourth-order valence-electron chi connectivity index (χ4n) is 4.98. The Morgan fingerprint density at radius 3 is 1.00 bits per heavy atom. The summed E-state index contributed by atoms with van der Waals surface area (Å²) in [6.07, 6.45) is 2.24. The minimum atomic E-state index is 0.238. The zero-order valence-corrected chi connectivity index (χ0v) is 28.7. The van der Waals surface area contributed by atoms with E-state index >= 15 is 0 Å². The highest BCUT2D eigenvalue weighted by Gasteiger charge is 2.23. The maximum absolute atomic E-state index is 5.97. The van der Waals surface area contributed by atoms with Crippen LogP contribution in [0, 0.1) is 0 Å². The first-order valence-electron chi connectivity index (χ1n) is 16.5. The van der Waals surface area contributed by atoms with Gasteiger partial charge in [0.25, 0.3) is 0 Å². The highest BCUT2D eigenvalue weighted by molar-refractivity contribution is 7.18. The molecule has 0 saturated carbocycles. The van der Waals surface area contributed by atoms with E-state index in [2.05, 4.69) is 20.4 Å². The van der Waals surface area contributed by atoms with Crippen LogP contribution in [0.1, 0.15) is 12.8 Å². The molecule has 0 amide bonds. The van der Waals surface area contributed by atoms with Gasteiger partial charge in [0.15, 0.2) is 0 Å². The van der Waals surface area contributed by atoms with Crippen molar-refractivity contribution in [1.29, 1.82) is 0 Å². The first-order valence-corrected chi connectivity index (χ1v) is 18.2. The van der Waals surface area contributed by atoms with Crippen LogP contribution >= 0.6 is 22.7 Å². The van der Waals surface area contributed by atoms with E-state index in [-0.39, 0.29) is 12.2 Å². The lowest BCUT2D eigenvalue weighted by Gasteiger charge is -2.08. The molecule has 4 aromatic carbocycles. The van der Waals surface area contributed by atoms with Gasteiger partial charge in [0, 0.05) is 22.3 Å². The number of epoxide rings is 2. The Labute approximate surface area is 297 Å². The number of hydrogen-bond acceptors (Lipinski definition) is 12. The third-order valence-corrected chi connectivity index (χ3v) is 10.1. The summed E-state index contributed by atoms with van der Waals surface area (Å²) in [6, 6.07) is 31.8.